The minimum Gasteiger partial charge on any atom is -0.493 e. The van der Waals surface area contributed by atoms with Crippen molar-refractivity contribution in [2.75, 3.05) is 20.3 Å². The molecule has 0 aliphatic carbocycles. The number of amides is 1. The van der Waals surface area contributed by atoms with Crippen molar-refractivity contribution in [2.24, 2.45) is 0 Å². The maximum atomic E-state index is 12.1. The molecule has 2 aromatic carbocycles. The number of carbonyl (C=O) groups excluding carboxylic acids is 1. The van der Waals surface area contributed by atoms with Crippen LogP contribution in [-0.4, -0.2) is 32.3 Å². The zero-order chi connectivity index (χ0) is 18.2. The number of hydrogen-bond acceptors (Lipinski definition) is 4. The molecule has 1 unspecified atom stereocenters. The second-order valence-electron chi connectivity index (χ2n) is 5.46. The maximum absolute atomic E-state index is 12.1. The fourth-order valence-corrected chi connectivity index (χ4v) is 2.28. The molecule has 1 amide bonds. The first-order valence-corrected chi connectivity index (χ1v) is 8.35. The zero-order valence-electron chi connectivity index (χ0n) is 14.5. The molecule has 2 rings (SSSR count). The van der Waals surface area contributed by atoms with Gasteiger partial charge in [-0.2, -0.15) is 0 Å². The predicted molar refractivity (Wildman–Crippen MR) is 97.8 cm³/mol. The SMILES string of the molecule is COc1ccccc1OCCNC(=O)C(C)Oc1ccc(Cl)c(C)c1. The number of nitrogens with one attached hydrogen (secondary N) is 1. The largest absolute Gasteiger partial charge is 0.493 e. The van der Waals surface area contributed by atoms with Gasteiger partial charge in [0.15, 0.2) is 17.6 Å². The smallest absolute Gasteiger partial charge is 0.260 e. The Morgan fingerprint density at radius 1 is 1.20 bits per heavy atom. The standard InChI is InChI=1S/C19H22ClNO4/c1-13-12-15(8-9-16(13)20)25-14(2)19(22)21-10-11-24-18-7-5-4-6-17(18)23-3/h4-9,12,14H,10-11H2,1-3H3,(H,21,22). The minimum absolute atomic E-state index is 0.212. The lowest BCUT2D eigenvalue weighted by molar-refractivity contribution is -0.127. The van der Waals surface area contributed by atoms with Crippen LogP contribution in [0, 0.1) is 6.92 Å². The highest BCUT2D eigenvalue weighted by Crippen LogP contribution is 2.25. The van der Waals surface area contributed by atoms with Crippen molar-refractivity contribution in [3.05, 3.63) is 53.1 Å². The highest BCUT2D eigenvalue weighted by molar-refractivity contribution is 6.31. The molecule has 0 radical (unpaired) electrons. The summed E-state index contributed by atoms with van der Waals surface area (Å²) in [7, 11) is 1.58. The number of halogens is 1. The molecule has 25 heavy (non-hydrogen) atoms. The summed E-state index contributed by atoms with van der Waals surface area (Å²) < 4.78 is 16.4. The Morgan fingerprint density at radius 3 is 2.60 bits per heavy atom. The van der Waals surface area contributed by atoms with E-state index in [1.807, 2.05) is 31.2 Å². The van der Waals surface area contributed by atoms with Crippen molar-refractivity contribution in [1.82, 2.24) is 5.32 Å². The maximum Gasteiger partial charge on any atom is 0.260 e. The van der Waals surface area contributed by atoms with Gasteiger partial charge in [-0.05, 0) is 49.7 Å². The number of benzene rings is 2. The van der Waals surface area contributed by atoms with Gasteiger partial charge >= 0.3 is 0 Å². The van der Waals surface area contributed by atoms with Crippen molar-refractivity contribution in [1.29, 1.82) is 0 Å². The molecule has 1 atom stereocenters. The van der Waals surface area contributed by atoms with Crippen LogP contribution in [0.25, 0.3) is 0 Å². The molecule has 6 heteroatoms. The van der Waals surface area contributed by atoms with Crippen LogP contribution in [0.15, 0.2) is 42.5 Å². The van der Waals surface area contributed by atoms with E-state index in [1.54, 1.807) is 32.2 Å². The summed E-state index contributed by atoms with van der Waals surface area (Å²) in [4.78, 5) is 12.1. The Balaban J connectivity index is 1.76. The average Bonchev–Trinajstić information content (AvgIpc) is 2.62. The van der Waals surface area contributed by atoms with Crippen LogP contribution in [0.2, 0.25) is 5.02 Å². The van der Waals surface area contributed by atoms with E-state index in [2.05, 4.69) is 5.32 Å². The van der Waals surface area contributed by atoms with Crippen molar-refractivity contribution in [2.45, 2.75) is 20.0 Å². The van der Waals surface area contributed by atoms with E-state index in [0.717, 1.165) is 5.56 Å². The fraction of sp³-hybridized carbons (Fsp3) is 0.316. The normalized spacial score (nSPS) is 11.5. The molecule has 2 aromatic rings. The first kappa shape index (κ1) is 18.9. The van der Waals surface area contributed by atoms with Gasteiger partial charge in [-0.15, -0.1) is 0 Å². The molecular formula is C19H22ClNO4. The summed E-state index contributed by atoms with van der Waals surface area (Å²) in [5, 5.41) is 3.45. The molecular weight excluding hydrogens is 342 g/mol. The molecule has 0 bridgehead atoms. The van der Waals surface area contributed by atoms with Crippen LogP contribution in [0.4, 0.5) is 0 Å². The van der Waals surface area contributed by atoms with Crippen LogP contribution in [-0.2, 0) is 4.79 Å². The molecule has 0 saturated carbocycles. The second-order valence-corrected chi connectivity index (χ2v) is 5.87. The van der Waals surface area contributed by atoms with Gasteiger partial charge in [0.25, 0.3) is 5.91 Å². The van der Waals surface area contributed by atoms with E-state index < -0.39 is 6.10 Å². The van der Waals surface area contributed by atoms with Crippen LogP contribution in [0.1, 0.15) is 12.5 Å². The Labute approximate surface area is 152 Å². The van der Waals surface area contributed by atoms with Gasteiger partial charge in [0, 0.05) is 5.02 Å². The molecule has 5 nitrogen and oxygen atoms in total. The van der Waals surface area contributed by atoms with Crippen molar-refractivity contribution in [3.8, 4) is 17.2 Å². The van der Waals surface area contributed by atoms with Crippen LogP contribution >= 0.6 is 11.6 Å². The summed E-state index contributed by atoms with van der Waals surface area (Å²) >= 11 is 5.98. The van der Waals surface area contributed by atoms with Gasteiger partial charge in [-0.1, -0.05) is 23.7 Å². The average molecular weight is 364 g/mol. The molecule has 0 aliphatic heterocycles. The third-order valence-electron chi connectivity index (χ3n) is 3.54. The number of carbonyl (C=O) groups is 1. The number of para-hydroxylation sites is 2. The molecule has 0 saturated heterocycles. The van der Waals surface area contributed by atoms with Gasteiger partial charge < -0.3 is 19.5 Å². The molecule has 134 valence electrons. The van der Waals surface area contributed by atoms with Gasteiger partial charge in [-0.3, -0.25) is 4.79 Å². The van der Waals surface area contributed by atoms with Gasteiger partial charge in [-0.25, -0.2) is 0 Å². The molecule has 0 aliphatic rings. The number of ether oxygens (including phenoxy) is 3. The number of aryl methyl sites for hydroxylation is 1. The zero-order valence-corrected chi connectivity index (χ0v) is 15.3. The van der Waals surface area contributed by atoms with E-state index in [9.17, 15) is 4.79 Å². The van der Waals surface area contributed by atoms with E-state index in [0.29, 0.717) is 35.4 Å². The van der Waals surface area contributed by atoms with E-state index in [-0.39, 0.29) is 5.91 Å². The topological polar surface area (TPSA) is 56.8 Å². The Hall–Kier alpha value is -2.40. The molecule has 1 N–H and O–H groups in total. The summed E-state index contributed by atoms with van der Waals surface area (Å²) in [6.45, 7) is 4.28. The molecule has 0 spiro atoms. The van der Waals surface area contributed by atoms with Crippen molar-refractivity contribution in [3.63, 3.8) is 0 Å². The van der Waals surface area contributed by atoms with Gasteiger partial charge in [0.1, 0.15) is 12.4 Å². The summed E-state index contributed by atoms with van der Waals surface area (Å²) in [6, 6.07) is 12.7. The lowest BCUT2D eigenvalue weighted by atomic mass is 10.2. The Morgan fingerprint density at radius 2 is 1.92 bits per heavy atom. The predicted octanol–water partition coefficient (Wildman–Crippen LogP) is 3.62. The summed E-state index contributed by atoms with van der Waals surface area (Å²) in [5.41, 5.74) is 0.900. The van der Waals surface area contributed by atoms with E-state index in [1.165, 1.54) is 0 Å². The number of methoxy groups -OCH3 is 1. The highest BCUT2D eigenvalue weighted by atomic mass is 35.5. The van der Waals surface area contributed by atoms with Gasteiger partial charge in [0.2, 0.25) is 0 Å². The van der Waals surface area contributed by atoms with Crippen LogP contribution < -0.4 is 19.5 Å². The lowest BCUT2D eigenvalue weighted by Crippen LogP contribution is -2.38. The van der Waals surface area contributed by atoms with Crippen LogP contribution in [0.3, 0.4) is 0 Å². The Bertz CT molecular complexity index is 720. The summed E-state index contributed by atoms with van der Waals surface area (Å²) in [6.07, 6.45) is -0.619. The molecule has 0 aromatic heterocycles. The first-order chi connectivity index (χ1) is 12.0. The third kappa shape index (κ3) is 5.57. The highest BCUT2D eigenvalue weighted by Gasteiger charge is 2.14. The quantitative estimate of drug-likeness (QED) is 0.728. The fourth-order valence-electron chi connectivity index (χ4n) is 2.17. The number of rotatable bonds is 8. The third-order valence-corrected chi connectivity index (χ3v) is 3.96. The first-order valence-electron chi connectivity index (χ1n) is 7.97. The van der Waals surface area contributed by atoms with Crippen molar-refractivity contribution >= 4 is 17.5 Å². The Kier molecular flexibility index (Phi) is 6.95. The van der Waals surface area contributed by atoms with Crippen LogP contribution in [0.5, 0.6) is 17.2 Å². The monoisotopic (exact) mass is 363 g/mol. The number of hydrogen-bond donors (Lipinski definition) is 1. The summed E-state index contributed by atoms with van der Waals surface area (Å²) in [5.74, 6) is 1.69. The van der Waals surface area contributed by atoms with E-state index >= 15 is 0 Å². The second kappa shape index (κ2) is 9.18. The van der Waals surface area contributed by atoms with Gasteiger partial charge in [0.05, 0.1) is 13.7 Å². The van der Waals surface area contributed by atoms with E-state index in [4.69, 9.17) is 25.8 Å². The molecule has 0 fully saturated rings. The lowest BCUT2D eigenvalue weighted by Gasteiger charge is -2.16. The molecule has 0 heterocycles. The minimum atomic E-state index is -0.619. The van der Waals surface area contributed by atoms with Crippen molar-refractivity contribution < 1.29 is 19.0 Å².